The van der Waals surface area contributed by atoms with Crippen LogP contribution in [0, 0.1) is 0 Å². The van der Waals surface area contributed by atoms with Crippen LogP contribution in [-0.2, 0) is 13.0 Å². The Morgan fingerprint density at radius 2 is 2.05 bits per heavy atom. The lowest BCUT2D eigenvalue weighted by molar-refractivity contribution is 0.291. The summed E-state index contributed by atoms with van der Waals surface area (Å²) in [7, 11) is 1.57. The van der Waals surface area contributed by atoms with Crippen LogP contribution in [0.1, 0.15) is 11.1 Å². The van der Waals surface area contributed by atoms with E-state index in [-0.39, 0.29) is 0 Å². The number of nitrogens with two attached hydrogens (primary N) is 1. The molecule has 0 atom stereocenters. The molecule has 0 amide bonds. The van der Waals surface area contributed by atoms with Crippen LogP contribution in [0.4, 0.5) is 0 Å². The largest absolute Gasteiger partial charge is 0.487 e. The highest BCUT2D eigenvalue weighted by atomic mass is 35.5. The third-order valence-corrected chi connectivity index (χ3v) is 3.41. The molecule has 0 unspecified atom stereocenters. The first-order valence-corrected chi connectivity index (χ1v) is 7.20. The predicted octanol–water partition coefficient (Wildman–Crippen LogP) is 3.48. The van der Waals surface area contributed by atoms with Crippen molar-refractivity contribution in [2.24, 2.45) is 5.73 Å². The number of ether oxygens (including phenoxy) is 2. The SMILES string of the molecule is COc1ncccc1COc1c(Cl)cc(Cl)cc1CCN. The standard InChI is InChI=1S/C15H16Cl2N2O2/c1-20-15-11(3-2-6-19-15)9-21-14-10(4-5-18)7-12(16)8-13(14)17/h2-3,6-8H,4-5,9,18H2,1H3. The quantitative estimate of drug-likeness (QED) is 0.882. The molecule has 1 heterocycles. The van der Waals surface area contributed by atoms with Gasteiger partial charge in [-0.25, -0.2) is 4.98 Å². The molecule has 0 aliphatic heterocycles. The summed E-state index contributed by atoms with van der Waals surface area (Å²) in [5.41, 5.74) is 7.34. The monoisotopic (exact) mass is 326 g/mol. The second kappa shape index (κ2) is 7.50. The normalized spacial score (nSPS) is 10.5. The van der Waals surface area contributed by atoms with Gasteiger partial charge in [0.05, 0.1) is 17.7 Å². The van der Waals surface area contributed by atoms with Crippen LogP contribution < -0.4 is 15.2 Å². The first-order valence-electron chi connectivity index (χ1n) is 6.44. The van der Waals surface area contributed by atoms with Crippen molar-refractivity contribution in [3.8, 4) is 11.6 Å². The molecule has 21 heavy (non-hydrogen) atoms. The molecular weight excluding hydrogens is 311 g/mol. The first-order chi connectivity index (χ1) is 10.2. The number of nitrogens with zero attached hydrogens (tertiary/aromatic N) is 1. The van der Waals surface area contributed by atoms with E-state index >= 15 is 0 Å². The van der Waals surface area contributed by atoms with Crippen molar-refractivity contribution in [2.45, 2.75) is 13.0 Å². The van der Waals surface area contributed by atoms with Crippen LogP contribution in [0.25, 0.3) is 0 Å². The lowest BCUT2D eigenvalue weighted by Gasteiger charge is -2.14. The van der Waals surface area contributed by atoms with Crippen LogP contribution in [-0.4, -0.2) is 18.6 Å². The number of hydrogen-bond acceptors (Lipinski definition) is 4. The van der Waals surface area contributed by atoms with E-state index in [9.17, 15) is 0 Å². The molecule has 0 fully saturated rings. The molecule has 0 saturated heterocycles. The number of halogens is 2. The summed E-state index contributed by atoms with van der Waals surface area (Å²) in [6, 6.07) is 7.18. The van der Waals surface area contributed by atoms with Crippen LogP contribution in [0.15, 0.2) is 30.5 Å². The molecule has 6 heteroatoms. The molecule has 0 bridgehead atoms. The van der Waals surface area contributed by atoms with Gasteiger partial charge < -0.3 is 15.2 Å². The number of aromatic nitrogens is 1. The molecule has 0 aliphatic carbocycles. The van der Waals surface area contributed by atoms with Crippen molar-refractivity contribution >= 4 is 23.2 Å². The average molecular weight is 327 g/mol. The highest BCUT2D eigenvalue weighted by Gasteiger charge is 2.12. The Hall–Kier alpha value is -1.49. The summed E-state index contributed by atoms with van der Waals surface area (Å²) in [5, 5.41) is 1.03. The molecule has 1 aromatic carbocycles. The Morgan fingerprint density at radius 1 is 1.24 bits per heavy atom. The molecule has 1 aromatic heterocycles. The van der Waals surface area contributed by atoms with Crippen molar-refractivity contribution < 1.29 is 9.47 Å². The van der Waals surface area contributed by atoms with E-state index in [0.717, 1.165) is 11.1 Å². The molecule has 2 N–H and O–H groups in total. The minimum atomic E-state index is 0.302. The Kier molecular flexibility index (Phi) is 5.67. The van der Waals surface area contributed by atoms with Gasteiger partial charge in [-0.2, -0.15) is 0 Å². The summed E-state index contributed by atoms with van der Waals surface area (Å²) < 4.78 is 11.0. The van der Waals surface area contributed by atoms with Crippen molar-refractivity contribution in [3.05, 3.63) is 51.6 Å². The Balaban J connectivity index is 2.23. The number of benzene rings is 1. The minimum Gasteiger partial charge on any atom is -0.487 e. The minimum absolute atomic E-state index is 0.302. The third kappa shape index (κ3) is 4.00. The summed E-state index contributed by atoms with van der Waals surface area (Å²) in [5.74, 6) is 1.13. The van der Waals surface area contributed by atoms with Crippen molar-refractivity contribution in [3.63, 3.8) is 0 Å². The van der Waals surface area contributed by atoms with Gasteiger partial charge in [0.1, 0.15) is 12.4 Å². The molecular formula is C15H16Cl2N2O2. The molecule has 2 aromatic rings. The summed E-state index contributed by atoms with van der Waals surface area (Å²) >= 11 is 12.2. The Labute approximate surface area is 133 Å². The molecule has 0 spiro atoms. The zero-order valence-electron chi connectivity index (χ0n) is 11.6. The van der Waals surface area contributed by atoms with E-state index in [1.165, 1.54) is 0 Å². The van der Waals surface area contributed by atoms with Gasteiger partial charge in [0.2, 0.25) is 5.88 Å². The number of hydrogen-bond donors (Lipinski definition) is 1. The molecule has 0 aliphatic rings. The molecule has 0 radical (unpaired) electrons. The van der Waals surface area contributed by atoms with Gasteiger partial charge in [0.15, 0.2) is 0 Å². The van der Waals surface area contributed by atoms with Crippen LogP contribution in [0.2, 0.25) is 10.0 Å². The average Bonchev–Trinajstić information content (AvgIpc) is 2.47. The molecule has 112 valence electrons. The second-order valence-electron chi connectivity index (χ2n) is 4.38. The van der Waals surface area contributed by atoms with E-state index in [0.29, 0.717) is 41.2 Å². The predicted molar refractivity (Wildman–Crippen MR) is 84.3 cm³/mol. The Morgan fingerprint density at radius 3 is 2.76 bits per heavy atom. The van der Waals surface area contributed by atoms with E-state index in [2.05, 4.69) is 4.98 Å². The van der Waals surface area contributed by atoms with E-state index < -0.39 is 0 Å². The number of rotatable bonds is 6. The lowest BCUT2D eigenvalue weighted by atomic mass is 10.1. The van der Waals surface area contributed by atoms with E-state index in [4.69, 9.17) is 38.4 Å². The first kappa shape index (κ1) is 15.9. The third-order valence-electron chi connectivity index (χ3n) is 2.91. The Bertz CT molecular complexity index is 621. The van der Waals surface area contributed by atoms with Gasteiger partial charge in [-0.1, -0.05) is 23.2 Å². The van der Waals surface area contributed by atoms with Gasteiger partial charge in [0.25, 0.3) is 0 Å². The van der Waals surface area contributed by atoms with E-state index in [1.807, 2.05) is 18.2 Å². The smallest absolute Gasteiger partial charge is 0.219 e. The summed E-state index contributed by atoms with van der Waals surface area (Å²) in [4.78, 5) is 4.13. The molecule has 2 rings (SSSR count). The maximum absolute atomic E-state index is 6.21. The highest BCUT2D eigenvalue weighted by molar-refractivity contribution is 6.35. The van der Waals surface area contributed by atoms with Crippen molar-refractivity contribution in [1.29, 1.82) is 0 Å². The van der Waals surface area contributed by atoms with Crippen molar-refractivity contribution in [1.82, 2.24) is 4.98 Å². The maximum atomic E-state index is 6.21. The van der Waals surface area contributed by atoms with Gasteiger partial charge in [-0.3, -0.25) is 0 Å². The topological polar surface area (TPSA) is 57.4 Å². The molecule has 4 nitrogen and oxygen atoms in total. The zero-order valence-corrected chi connectivity index (χ0v) is 13.1. The van der Waals surface area contributed by atoms with E-state index in [1.54, 1.807) is 19.4 Å². The highest BCUT2D eigenvalue weighted by Crippen LogP contribution is 2.33. The fraction of sp³-hybridized carbons (Fsp3) is 0.267. The number of methoxy groups -OCH3 is 1. The summed E-state index contributed by atoms with van der Waals surface area (Å²) in [6.07, 6.45) is 2.30. The fourth-order valence-corrected chi connectivity index (χ4v) is 2.57. The van der Waals surface area contributed by atoms with Gasteiger partial charge >= 0.3 is 0 Å². The van der Waals surface area contributed by atoms with Crippen LogP contribution >= 0.6 is 23.2 Å². The number of pyridine rings is 1. The molecule has 0 saturated carbocycles. The fourth-order valence-electron chi connectivity index (χ4n) is 1.98. The van der Waals surface area contributed by atoms with Gasteiger partial charge in [-0.05, 0) is 42.8 Å². The second-order valence-corrected chi connectivity index (χ2v) is 5.22. The van der Waals surface area contributed by atoms with Crippen molar-refractivity contribution in [2.75, 3.05) is 13.7 Å². The van der Waals surface area contributed by atoms with Gasteiger partial charge in [0, 0.05) is 11.2 Å². The zero-order chi connectivity index (χ0) is 15.2. The summed E-state index contributed by atoms with van der Waals surface area (Å²) in [6.45, 7) is 0.791. The van der Waals surface area contributed by atoms with Crippen LogP contribution in [0.3, 0.4) is 0 Å². The van der Waals surface area contributed by atoms with Crippen LogP contribution in [0.5, 0.6) is 11.6 Å². The lowest BCUT2D eigenvalue weighted by Crippen LogP contribution is -2.07. The maximum Gasteiger partial charge on any atom is 0.219 e. The van der Waals surface area contributed by atoms with Gasteiger partial charge in [-0.15, -0.1) is 0 Å².